The van der Waals surface area contributed by atoms with E-state index in [1.54, 1.807) is 28.7 Å². The fourth-order valence-corrected chi connectivity index (χ4v) is 7.54. The van der Waals surface area contributed by atoms with Crippen LogP contribution in [0.2, 0.25) is 0 Å². The molecule has 2 aromatic heterocycles. The summed E-state index contributed by atoms with van der Waals surface area (Å²) >= 11 is 0. The summed E-state index contributed by atoms with van der Waals surface area (Å²) < 4.78 is 20.7. The molecule has 3 saturated heterocycles. The van der Waals surface area contributed by atoms with Crippen LogP contribution >= 0.6 is 0 Å². The summed E-state index contributed by atoms with van der Waals surface area (Å²) in [6.45, 7) is 13.1. The highest BCUT2D eigenvalue weighted by molar-refractivity contribution is 5.84. The van der Waals surface area contributed by atoms with E-state index in [2.05, 4.69) is 19.8 Å². The molecule has 0 aliphatic carbocycles. The number of methoxy groups -OCH3 is 1. The van der Waals surface area contributed by atoms with E-state index in [1.807, 2.05) is 62.6 Å². The lowest BCUT2D eigenvalue weighted by Gasteiger charge is -2.49. The van der Waals surface area contributed by atoms with Crippen LogP contribution in [0, 0.1) is 6.92 Å². The third-order valence-corrected chi connectivity index (χ3v) is 10.2. The lowest BCUT2D eigenvalue weighted by Crippen LogP contribution is -2.63. The number of nitrogens with two attached hydrogens (primary N) is 1. The highest BCUT2D eigenvalue weighted by Gasteiger charge is 2.39. The molecule has 2 N–H and O–H groups in total. The van der Waals surface area contributed by atoms with Crippen molar-refractivity contribution in [1.82, 2.24) is 33.8 Å². The Kier molecular flexibility index (Phi) is 9.21. The molecule has 13 nitrogen and oxygen atoms in total. The average Bonchev–Trinajstić information content (AvgIpc) is 3.37. The maximum Gasteiger partial charge on any atom is 0.410 e. The predicted molar refractivity (Wildman–Crippen MR) is 191 cm³/mol. The van der Waals surface area contributed by atoms with Gasteiger partial charge in [-0.05, 0) is 77.6 Å². The van der Waals surface area contributed by atoms with Crippen LogP contribution in [0.3, 0.4) is 0 Å². The molecule has 3 aliphatic heterocycles. The summed E-state index contributed by atoms with van der Waals surface area (Å²) in [7, 11) is 1.58. The molecule has 0 atom stereocenters. The second-order valence-corrected chi connectivity index (χ2v) is 14.7. The number of amides is 1. The number of aromatic nitrogens is 4. The van der Waals surface area contributed by atoms with Gasteiger partial charge in [-0.3, -0.25) is 14.0 Å². The van der Waals surface area contributed by atoms with E-state index in [9.17, 15) is 9.59 Å². The number of nitrogen functional groups attached to an aromatic ring is 1. The molecule has 2 aromatic carbocycles. The number of nitrogens with zero attached hydrogens (tertiary/aromatic N) is 7. The Labute approximate surface area is 292 Å². The highest BCUT2D eigenvalue weighted by atomic mass is 16.6. The van der Waals surface area contributed by atoms with Gasteiger partial charge in [0.05, 0.1) is 12.8 Å². The van der Waals surface area contributed by atoms with Gasteiger partial charge in [-0.25, -0.2) is 19.6 Å². The van der Waals surface area contributed by atoms with E-state index >= 15 is 0 Å². The van der Waals surface area contributed by atoms with Gasteiger partial charge in [0.2, 0.25) is 0 Å². The van der Waals surface area contributed by atoms with Crippen LogP contribution in [0.5, 0.6) is 17.2 Å². The van der Waals surface area contributed by atoms with Crippen LogP contribution in [0.25, 0.3) is 16.9 Å². The summed E-state index contributed by atoms with van der Waals surface area (Å²) in [6.07, 6.45) is 5.08. The standard InChI is InChI=1S/C37H48N8O5/c1-24-6-9-29(10-7-24)49-30-11-8-27(20-31(30)48-5)44-32-33(38)39-23-40-34(32)45(35(44)46)26-14-18-41(19-15-26)25-12-16-42(17-13-25)28-21-43(22-28)36(47)50-37(2,3)4/h6-11,20,23,25-26,28H,12-19,21-22H2,1-5H3,(H2,38,39,40). The molecule has 5 heterocycles. The van der Waals surface area contributed by atoms with Crippen molar-refractivity contribution in [3.63, 3.8) is 0 Å². The number of ether oxygens (including phenoxy) is 3. The number of hydrogen-bond donors (Lipinski definition) is 1. The minimum atomic E-state index is -0.474. The minimum absolute atomic E-state index is 0.0169. The van der Waals surface area contributed by atoms with Gasteiger partial charge in [-0.1, -0.05) is 17.7 Å². The Morgan fingerprint density at radius 3 is 2.14 bits per heavy atom. The Balaban J connectivity index is 1.02. The summed E-state index contributed by atoms with van der Waals surface area (Å²) in [5, 5.41) is 0. The van der Waals surface area contributed by atoms with Gasteiger partial charge >= 0.3 is 11.8 Å². The van der Waals surface area contributed by atoms with Crippen LogP contribution in [-0.2, 0) is 4.74 Å². The molecule has 0 radical (unpaired) electrons. The van der Waals surface area contributed by atoms with Gasteiger partial charge in [0.25, 0.3) is 0 Å². The number of piperidine rings is 2. The van der Waals surface area contributed by atoms with Crippen molar-refractivity contribution in [2.24, 2.45) is 0 Å². The first-order valence-corrected chi connectivity index (χ1v) is 17.6. The van der Waals surface area contributed by atoms with Crippen molar-refractivity contribution < 1.29 is 19.0 Å². The van der Waals surface area contributed by atoms with Crippen LogP contribution in [0.15, 0.2) is 53.6 Å². The predicted octanol–water partition coefficient (Wildman–Crippen LogP) is 4.99. The maximum absolute atomic E-state index is 14.3. The number of carbonyl (C=O) groups excluding carboxylic acids is 1. The third kappa shape index (κ3) is 6.76. The number of rotatable bonds is 7. The van der Waals surface area contributed by atoms with Gasteiger partial charge < -0.3 is 29.7 Å². The minimum Gasteiger partial charge on any atom is -0.493 e. The molecule has 50 heavy (non-hydrogen) atoms. The number of fused-ring (bicyclic) bond motifs is 1. The quantitative estimate of drug-likeness (QED) is 0.284. The average molecular weight is 685 g/mol. The number of aryl methyl sites for hydroxylation is 1. The van der Waals surface area contributed by atoms with Crippen molar-refractivity contribution in [3.05, 3.63) is 64.8 Å². The lowest BCUT2D eigenvalue weighted by molar-refractivity contribution is -0.0258. The monoisotopic (exact) mass is 684 g/mol. The van der Waals surface area contributed by atoms with Gasteiger partial charge in [0, 0.05) is 63.5 Å². The molecule has 0 spiro atoms. The topological polar surface area (TPSA) is 133 Å². The van der Waals surface area contributed by atoms with E-state index in [0.29, 0.717) is 46.2 Å². The van der Waals surface area contributed by atoms with E-state index in [-0.39, 0.29) is 23.6 Å². The molecule has 13 heteroatoms. The fourth-order valence-electron chi connectivity index (χ4n) is 7.54. The second kappa shape index (κ2) is 13.6. The van der Waals surface area contributed by atoms with Crippen LogP contribution in [-0.4, -0.2) is 104 Å². The van der Waals surface area contributed by atoms with Crippen LogP contribution in [0.1, 0.15) is 58.1 Å². The number of hydrogen-bond acceptors (Lipinski definition) is 10. The van der Waals surface area contributed by atoms with Crippen molar-refractivity contribution in [2.45, 2.75) is 77.1 Å². The fraction of sp³-hybridized carbons (Fsp3) is 0.514. The number of imidazole rings is 1. The second-order valence-electron chi connectivity index (χ2n) is 14.7. The zero-order chi connectivity index (χ0) is 35.2. The van der Waals surface area contributed by atoms with E-state index in [0.717, 1.165) is 70.5 Å². The molecular formula is C37H48N8O5. The first kappa shape index (κ1) is 33.9. The molecular weight excluding hydrogens is 636 g/mol. The first-order valence-electron chi connectivity index (χ1n) is 17.6. The van der Waals surface area contributed by atoms with Gasteiger partial charge in [0.15, 0.2) is 23.0 Å². The molecule has 3 aliphatic rings. The number of carbonyl (C=O) groups is 1. The largest absolute Gasteiger partial charge is 0.493 e. The van der Waals surface area contributed by atoms with Crippen molar-refractivity contribution in [1.29, 1.82) is 0 Å². The molecule has 0 saturated carbocycles. The molecule has 1 amide bonds. The summed E-state index contributed by atoms with van der Waals surface area (Å²) in [6, 6.07) is 14.1. The smallest absolute Gasteiger partial charge is 0.410 e. The molecule has 266 valence electrons. The van der Waals surface area contributed by atoms with Gasteiger partial charge in [-0.15, -0.1) is 0 Å². The van der Waals surface area contributed by atoms with Crippen molar-refractivity contribution >= 4 is 23.1 Å². The Bertz CT molecular complexity index is 1890. The van der Waals surface area contributed by atoms with E-state index in [1.165, 1.54) is 6.33 Å². The van der Waals surface area contributed by atoms with E-state index < -0.39 is 5.60 Å². The number of anilines is 1. The van der Waals surface area contributed by atoms with Crippen LogP contribution in [0.4, 0.5) is 10.6 Å². The molecule has 0 bridgehead atoms. The number of likely N-dealkylation sites (tertiary alicyclic amines) is 3. The zero-order valence-corrected chi connectivity index (χ0v) is 29.7. The summed E-state index contributed by atoms with van der Waals surface area (Å²) in [5.41, 5.74) is 8.50. The Morgan fingerprint density at radius 1 is 0.860 bits per heavy atom. The van der Waals surface area contributed by atoms with Crippen molar-refractivity contribution in [3.8, 4) is 22.9 Å². The highest BCUT2D eigenvalue weighted by Crippen LogP contribution is 2.36. The normalized spacial score (nSPS) is 18.7. The molecule has 4 aromatic rings. The lowest BCUT2D eigenvalue weighted by atomic mass is 9.95. The van der Waals surface area contributed by atoms with Gasteiger partial charge in [0.1, 0.15) is 23.2 Å². The summed E-state index contributed by atoms with van der Waals surface area (Å²) in [5.74, 6) is 1.96. The zero-order valence-electron chi connectivity index (χ0n) is 29.7. The van der Waals surface area contributed by atoms with Crippen LogP contribution < -0.4 is 20.9 Å². The maximum atomic E-state index is 14.3. The molecule has 0 unspecified atom stereocenters. The Hall–Kier alpha value is -4.62. The van der Waals surface area contributed by atoms with E-state index in [4.69, 9.17) is 19.9 Å². The summed E-state index contributed by atoms with van der Waals surface area (Å²) in [4.78, 5) is 42.4. The SMILES string of the molecule is COc1cc(-n2c(=O)n(C3CCN(C4CCN(C5CN(C(=O)OC(C)(C)C)C5)CC4)CC3)c3ncnc(N)c32)ccc1Oc1ccc(C)cc1. The van der Waals surface area contributed by atoms with Crippen molar-refractivity contribution in [2.75, 3.05) is 52.1 Å². The molecule has 7 rings (SSSR count). The first-order chi connectivity index (χ1) is 24.0. The molecule has 3 fully saturated rings. The Morgan fingerprint density at radius 2 is 1.50 bits per heavy atom. The third-order valence-electron chi connectivity index (χ3n) is 10.2. The van der Waals surface area contributed by atoms with Gasteiger partial charge in [-0.2, -0.15) is 0 Å². The number of benzene rings is 2.